The Morgan fingerprint density at radius 1 is 0.414 bits per heavy atom. The highest BCUT2D eigenvalue weighted by Crippen LogP contribution is 2.47. The monoisotopic (exact) mass is 794 g/mol. The van der Waals surface area contributed by atoms with Crippen molar-refractivity contribution in [1.82, 2.24) is 0 Å². The summed E-state index contributed by atoms with van der Waals surface area (Å²) in [5.74, 6) is -2.86. The van der Waals surface area contributed by atoms with Crippen molar-refractivity contribution in [3.05, 3.63) is 81.5 Å². The molecule has 0 aliphatic rings. The molecule has 0 saturated heterocycles. The number of ether oxygens (including phenoxy) is 8. The number of carbonyl (C=O) groups excluding carboxylic acids is 4. The molecular weight excluding hydrogens is 760 g/mol. The lowest BCUT2D eigenvalue weighted by Gasteiger charge is -2.20. The Kier molecular flexibility index (Phi) is 11.2. The zero-order chi connectivity index (χ0) is 42.0. The fourth-order valence-corrected chi connectivity index (χ4v) is 6.29. The van der Waals surface area contributed by atoms with Crippen molar-refractivity contribution in [3.63, 3.8) is 0 Å². The van der Waals surface area contributed by atoms with Crippen molar-refractivity contribution in [3.8, 4) is 79.4 Å². The van der Waals surface area contributed by atoms with Crippen LogP contribution >= 0.6 is 0 Å². The van der Waals surface area contributed by atoms with Crippen molar-refractivity contribution in [2.24, 2.45) is 0 Å². The van der Waals surface area contributed by atoms with E-state index in [2.05, 4.69) is 0 Å². The second-order valence-electron chi connectivity index (χ2n) is 12.4. The van der Waals surface area contributed by atoms with Crippen LogP contribution in [0.3, 0.4) is 0 Å². The van der Waals surface area contributed by atoms with E-state index in [-0.39, 0.29) is 90.2 Å². The molecule has 2 aromatic heterocycles. The highest BCUT2D eigenvalue weighted by atomic mass is 16.6. The number of rotatable bonds is 11. The lowest BCUT2D eigenvalue weighted by Crippen LogP contribution is -2.11. The molecule has 6 rings (SSSR count). The first-order valence-electron chi connectivity index (χ1n) is 17.1. The Hall–Kier alpha value is -7.62. The Morgan fingerprint density at radius 3 is 0.983 bits per heavy atom. The van der Waals surface area contributed by atoms with Crippen molar-refractivity contribution in [2.75, 3.05) is 28.4 Å². The van der Waals surface area contributed by atoms with E-state index in [1.54, 1.807) is 12.1 Å². The third-order valence-corrected chi connectivity index (χ3v) is 8.64. The summed E-state index contributed by atoms with van der Waals surface area (Å²) in [6.07, 6.45) is 2.28. The number of hydrogen-bond acceptors (Lipinski definition) is 16. The van der Waals surface area contributed by atoms with Gasteiger partial charge in [-0.05, 0) is 59.7 Å². The van der Waals surface area contributed by atoms with Gasteiger partial charge in [0.25, 0.3) is 0 Å². The molecule has 0 bridgehead atoms. The maximum absolute atomic E-state index is 14.5. The molecule has 0 N–H and O–H groups in total. The minimum absolute atomic E-state index is 0.00670. The number of hydrogen-bond donors (Lipinski definition) is 0. The van der Waals surface area contributed by atoms with Crippen LogP contribution in [-0.2, 0) is 19.2 Å². The van der Waals surface area contributed by atoms with Crippen LogP contribution in [0.25, 0.3) is 55.3 Å². The maximum Gasteiger partial charge on any atom is 0.308 e. The SMILES string of the molecule is COc1cc(-c2cc(OC)c(OC)cc2-c2coc3c(OC(C)=O)c(OC(C)=O)ccc3c2=O)c(-c2coc3c(OC(C)=O)c(OC(C)=O)ccc3c2=O)cc1OC. The molecule has 16 heteroatoms. The summed E-state index contributed by atoms with van der Waals surface area (Å²) in [6, 6.07) is 11.6. The zero-order valence-electron chi connectivity index (χ0n) is 32.3. The molecule has 0 unspecified atom stereocenters. The summed E-state index contributed by atoms with van der Waals surface area (Å²) in [6.45, 7) is 4.58. The van der Waals surface area contributed by atoms with Gasteiger partial charge < -0.3 is 46.7 Å². The molecule has 0 spiro atoms. The highest BCUT2D eigenvalue weighted by Gasteiger charge is 2.27. The smallest absolute Gasteiger partial charge is 0.308 e. The summed E-state index contributed by atoms with van der Waals surface area (Å²) < 4.78 is 55.6. The van der Waals surface area contributed by atoms with Crippen LogP contribution in [-0.4, -0.2) is 52.3 Å². The van der Waals surface area contributed by atoms with E-state index >= 15 is 0 Å². The zero-order valence-corrected chi connectivity index (χ0v) is 32.3. The quantitative estimate of drug-likeness (QED) is 0.0997. The Bertz CT molecular complexity index is 2600. The second-order valence-corrected chi connectivity index (χ2v) is 12.4. The molecule has 2 heterocycles. The first-order valence-corrected chi connectivity index (χ1v) is 17.1. The molecule has 0 aliphatic carbocycles. The average Bonchev–Trinajstić information content (AvgIpc) is 3.18. The van der Waals surface area contributed by atoms with Gasteiger partial charge in [0, 0.05) is 38.8 Å². The van der Waals surface area contributed by atoms with Crippen molar-refractivity contribution < 1.29 is 65.9 Å². The van der Waals surface area contributed by atoms with Gasteiger partial charge in [-0.15, -0.1) is 0 Å². The van der Waals surface area contributed by atoms with Crippen LogP contribution in [0.2, 0.25) is 0 Å². The number of carbonyl (C=O) groups is 4. The van der Waals surface area contributed by atoms with E-state index in [0.717, 1.165) is 40.2 Å². The Labute approximate surface area is 328 Å². The van der Waals surface area contributed by atoms with Gasteiger partial charge in [0.1, 0.15) is 12.5 Å². The number of esters is 4. The summed E-state index contributed by atoms with van der Waals surface area (Å²) in [5, 5.41) is -0.0744. The van der Waals surface area contributed by atoms with Crippen LogP contribution in [0.15, 0.2) is 79.5 Å². The Morgan fingerprint density at radius 2 is 0.707 bits per heavy atom. The molecule has 0 saturated carbocycles. The first-order chi connectivity index (χ1) is 27.7. The molecule has 0 fully saturated rings. The van der Waals surface area contributed by atoms with Crippen LogP contribution in [0, 0.1) is 0 Å². The summed E-state index contributed by atoms with van der Waals surface area (Å²) in [4.78, 5) is 76.7. The molecule has 0 radical (unpaired) electrons. The van der Waals surface area contributed by atoms with E-state index in [1.807, 2.05) is 0 Å². The molecular formula is C42H34O16. The van der Waals surface area contributed by atoms with Crippen molar-refractivity contribution >= 4 is 45.8 Å². The molecule has 298 valence electrons. The third-order valence-electron chi connectivity index (χ3n) is 8.64. The van der Waals surface area contributed by atoms with Gasteiger partial charge in [-0.3, -0.25) is 28.8 Å². The van der Waals surface area contributed by atoms with Gasteiger partial charge in [0.05, 0.1) is 50.3 Å². The van der Waals surface area contributed by atoms with E-state index in [1.165, 1.54) is 64.8 Å². The molecule has 16 nitrogen and oxygen atoms in total. The normalized spacial score (nSPS) is 10.8. The van der Waals surface area contributed by atoms with Gasteiger partial charge in [-0.1, -0.05) is 0 Å². The minimum atomic E-state index is -0.763. The lowest BCUT2D eigenvalue weighted by molar-refractivity contribution is -0.134. The predicted molar refractivity (Wildman–Crippen MR) is 206 cm³/mol. The third kappa shape index (κ3) is 7.49. The van der Waals surface area contributed by atoms with Gasteiger partial charge in [-0.2, -0.15) is 0 Å². The summed E-state index contributed by atoms with van der Waals surface area (Å²) in [5.41, 5.74) is -0.463. The molecule has 0 amide bonds. The first kappa shape index (κ1) is 40.1. The standard InChI is InChI=1S/C42H34O16/c1-19(43)55-31-11-9-23-37(47)29(17-53-39(23)41(31)57-21(3)45)27-15-35(51-7)33(49-5)13-25(27)26-14-34(50-6)36(52-8)16-28(26)30-18-54-40-24(38(30)48)10-12-32(56-20(2)44)42(40)58-22(4)46/h9-18H,1-8H3. The van der Waals surface area contributed by atoms with E-state index in [0.29, 0.717) is 11.1 Å². The van der Waals surface area contributed by atoms with Crippen LogP contribution in [0.4, 0.5) is 0 Å². The molecule has 4 aromatic carbocycles. The van der Waals surface area contributed by atoms with Gasteiger partial charge in [0.15, 0.2) is 45.7 Å². The van der Waals surface area contributed by atoms with E-state index in [9.17, 15) is 28.8 Å². The Balaban J connectivity index is 1.68. The molecule has 58 heavy (non-hydrogen) atoms. The van der Waals surface area contributed by atoms with Gasteiger partial charge in [0.2, 0.25) is 22.4 Å². The number of benzene rings is 4. The average molecular weight is 795 g/mol. The predicted octanol–water partition coefficient (Wildman–Crippen LogP) is 6.64. The summed E-state index contributed by atoms with van der Waals surface area (Å²) >= 11 is 0. The fourth-order valence-electron chi connectivity index (χ4n) is 6.29. The van der Waals surface area contributed by atoms with Gasteiger partial charge >= 0.3 is 23.9 Å². The molecule has 0 atom stereocenters. The van der Waals surface area contributed by atoms with Crippen molar-refractivity contribution in [1.29, 1.82) is 0 Å². The largest absolute Gasteiger partial charge is 0.493 e. The van der Waals surface area contributed by atoms with Crippen LogP contribution in [0.5, 0.6) is 46.0 Å². The number of methoxy groups -OCH3 is 4. The maximum atomic E-state index is 14.5. The molecule has 6 aromatic rings. The summed E-state index contributed by atoms with van der Waals surface area (Å²) in [7, 11) is 5.65. The minimum Gasteiger partial charge on any atom is -0.493 e. The lowest BCUT2D eigenvalue weighted by atomic mass is 9.88. The van der Waals surface area contributed by atoms with E-state index in [4.69, 9.17) is 46.7 Å². The van der Waals surface area contributed by atoms with Crippen LogP contribution in [0.1, 0.15) is 27.7 Å². The topological polar surface area (TPSA) is 203 Å². The van der Waals surface area contributed by atoms with Gasteiger partial charge in [-0.25, -0.2) is 0 Å². The highest BCUT2D eigenvalue weighted by molar-refractivity contribution is 5.99. The van der Waals surface area contributed by atoms with Crippen LogP contribution < -0.4 is 48.8 Å². The molecule has 0 aliphatic heterocycles. The fraction of sp³-hybridized carbons (Fsp3) is 0.190. The van der Waals surface area contributed by atoms with E-state index < -0.39 is 34.7 Å². The second kappa shape index (κ2) is 16.2. The van der Waals surface area contributed by atoms with Crippen molar-refractivity contribution in [2.45, 2.75) is 27.7 Å². The number of fused-ring (bicyclic) bond motifs is 2.